The molecule has 0 spiro atoms. The van der Waals surface area contributed by atoms with Crippen molar-refractivity contribution in [2.24, 2.45) is 0 Å². The number of nitrogens with zero attached hydrogens (tertiary/aromatic N) is 3. The molecule has 0 saturated carbocycles. The van der Waals surface area contributed by atoms with Crippen molar-refractivity contribution in [1.82, 2.24) is 15.0 Å². The Morgan fingerprint density at radius 1 is 0.194 bits per heavy atom. The van der Waals surface area contributed by atoms with Crippen LogP contribution in [0.4, 0.5) is 0 Å². The van der Waals surface area contributed by atoms with E-state index in [1.807, 2.05) is 0 Å². The Hall–Kier alpha value is -8.27. The van der Waals surface area contributed by atoms with Crippen molar-refractivity contribution in [3.05, 3.63) is 237 Å². The molecule has 0 fully saturated rings. The van der Waals surface area contributed by atoms with Gasteiger partial charge < -0.3 is 0 Å². The standard InChI is InChI=1S/C59H39N3/c1-3-15-40(16-4-1)49-24-9-10-25-51(49)43-29-33-45(34-30-43)57-60-58(46-35-31-44(32-36-46)52-28-14-20-42-19-7-8-23-50(42)52)62-59(61-57)48-22-13-21-47(39-48)54-38-37-53(41-17-5-2-6-18-41)55-26-11-12-27-56(54)55/h1-39H. The van der Waals surface area contributed by atoms with Gasteiger partial charge in [0.15, 0.2) is 17.5 Å². The summed E-state index contributed by atoms with van der Waals surface area (Å²) in [5.74, 6) is 1.86. The van der Waals surface area contributed by atoms with E-state index in [2.05, 4.69) is 237 Å². The highest BCUT2D eigenvalue weighted by molar-refractivity contribution is 6.05. The highest BCUT2D eigenvalue weighted by atomic mass is 15.0. The second-order valence-corrected chi connectivity index (χ2v) is 15.6. The highest BCUT2D eigenvalue weighted by Crippen LogP contribution is 2.38. The number of hydrogen-bond acceptors (Lipinski definition) is 3. The van der Waals surface area contributed by atoms with Gasteiger partial charge in [-0.2, -0.15) is 0 Å². The van der Waals surface area contributed by atoms with Crippen molar-refractivity contribution in [3.63, 3.8) is 0 Å². The van der Waals surface area contributed by atoms with Crippen molar-refractivity contribution in [2.75, 3.05) is 0 Å². The molecule has 290 valence electrons. The fourth-order valence-electron chi connectivity index (χ4n) is 8.69. The zero-order valence-corrected chi connectivity index (χ0v) is 33.9. The van der Waals surface area contributed by atoms with Crippen molar-refractivity contribution in [1.29, 1.82) is 0 Å². The molecule has 1 heterocycles. The van der Waals surface area contributed by atoms with E-state index in [1.165, 1.54) is 54.9 Å². The Morgan fingerprint density at radius 3 is 1.13 bits per heavy atom. The van der Waals surface area contributed by atoms with Gasteiger partial charge in [0.2, 0.25) is 0 Å². The molecule has 11 rings (SSSR count). The maximum atomic E-state index is 5.19. The molecular weight excluding hydrogens is 751 g/mol. The molecular formula is C59H39N3. The highest BCUT2D eigenvalue weighted by Gasteiger charge is 2.16. The number of fused-ring (bicyclic) bond motifs is 2. The van der Waals surface area contributed by atoms with Gasteiger partial charge in [0, 0.05) is 16.7 Å². The first-order chi connectivity index (χ1) is 30.7. The first-order valence-corrected chi connectivity index (χ1v) is 21.0. The van der Waals surface area contributed by atoms with Crippen LogP contribution in [-0.4, -0.2) is 15.0 Å². The van der Waals surface area contributed by atoms with Crippen LogP contribution in [0.5, 0.6) is 0 Å². The van der Waals surface area contributed by atoms with Crippen LogP contribution in [0.2, 0.25) is 0 Å². The third-order valence-electron chi connectivity index (χ3n) is 11.8. The van der Waals surface area contributed by atoms with Crippen LogP contribution in [0, 0.1) is 0 Å². The van der Waals surface area contributed by atoms with E-state index in [0.717, 1.165) is 38.9 Å². The zero-order chi connectivity index (χ0) is 41.2. The van der Waals surface area contributed by atoms with Gasteiger partial charge in [0.05, 0.1) is 0 Å². The normalized spacial score (nSPS) is 11.2. The Bertz CT molecular complexity index is 3370. The molecule has 0 atom stereocenters. The van der Waals surface area contributed by atoms with Crippen molar-refractivity contribution in [2.45, 2.75) is 0 Å². The Morgan fingerprint density at radius 2 is 0.532 bits per heavy atom. The van der Waals surface area contributed by atoms with Gasteiger partial charge in [-0.3, -0.25) is 0 Å². The summed E-state index contributed by atoms with van der Waals surface area (Å²) in [6.45, 7) is 0. The molecule has 0 unspecified atom stereocenters. The van der Waals surface area contributed by atoms with Crippen molar-refractivity contribution >= 4 is 21.5 Å². The lowest BCUT2D eigenvalue weighted by Crippen LogP contribution is -2.00. The summed E-state index contributed by atoms with van der Waals surface area (Å²) in [6, 6.07) is 83.6. The number of aromatic nitrogens is 3. The van der Waals surface area contributed by atoms with Gasteiger partial charge in [-0.05, 0) is 83.2 Å². The third-order valence-corrected chi connectivity index (χ3v) is 11.8. The molecule has 0 bridgehead atoms. The molecule has 0 amide bonds. The number of benzene rings is 10. The maximum absolute atomic E-state index is 5.19. The van der Waals surface area contributed by atoms with Gasteiger partial charge in [-0.25, -0.2) is 15.0 Å². The van der Waals surface area contributed by atoms with Gasteiger partial charge in [0.1, 0.15) is 0 Å². The van der Waals surface area contributed by atoms with Crippen LogP contribution >= 0.6 is 0 Å². The van der Waals surface area contributed by atoms with Crippen LogP contribution < -0.4 is 0 Å². The van der Waals surface area contributed by atoms with Gasteiger partial charge >= 0.3 is 0 Å². The molecule has 11 aromatic rings. The summed E-state index contributed by atoms with van der Waals surface area (Å²) < 4.78 is 0. The minimum absolute atomic E-state index is 0.619. The largest absolute Gasteiger partial charge is 0.208 e. The summed E-state index contributed by atoms with van der Waals surface area (Å²) in [7, 11) is 0. The Balaban J connectivity index is 1.01. The van der Waals surface area contributed by atoms with Crippen LogP contribution in [-0.2, 0) is 0 Å². The Labute approximate surface area is 361 Å². The Kier molecular flexibility index (Phi) is 9.53. The lowest BCUT2D eigenvalue weighted by Gasteiger charge is -2.14. The minimum Gasteiger partial charge on any atom is -0.208 e. The molecule has 0 saturated heterocycles. The fraction of sp³-hybridized carbons (Fsp3) is 0. The quantitative estimate of drug-likeness (QED) is 0.154. The molecule has 0 aliphatic carbocycles. The topological polar surface area (TPSA) is 38.7 Å². The molecule has 0 N–H and O–H groups in total. The second-order valence-electron chi connectivity index (χ2n) is 15.6. The van der Waals surface area contributed by atoms with E-state index in [-0.39, 0.29) is 0 Å². The van der Waals surface area contributed by atoms with Gasteiger partial charge in [-0.1, -0.05) is 231 Å². The molecule has 1 aromatic heterocycles. The smallest absolute Gasteiger partial charge is 0.164 e. The SMILES string of the molecule is c1ccc(-c2ccccc2-c2ccc(-c3nc(-c4ccc(-c5cccc6ccccc56)cc4)nc(-c4cccc(-c5ccc(-c6ccccc6)c6ccccc56)c4)n3)cc2)cc1. The average molecular weight is 790 g/mol. The van der Waals surface area contributed by atoms with E-state index >= 15 is 0 Å². The lowest BCUT2D eigenvalue weighted by molar-refractivity contribution is 1.07. The van der Waals surface area contributed by atoms with E-state index in [4.69, 9.17) is 15.0 Å². The van der Waals surface area contributed by atoms with Crippen LogP contribution in [0.25, 0.3) is 111 Å². The zero-order valence-electron chi connectivity index (χ0n) is 33.9. The van der Waals surface area contributed by atoms with Gasteiger partial charge in [0.25, 0.3) is 0 Å². The molecule has 0 aliphatic rings. The summed E-state index contributed by atoms with van der Waals surface area (Å²) in [5, 5.41) is 4.86. The fourth-order valence-corrected chi connectivity index (χ4v) is 8.69. The van der Waals surface area contributed by atoms with Crippen LogP contribution in [0.3, 0.4) is 0 Å². The molecule has 62 heavy (non-hydrogen) atoms. The van der Waals surface area contributed by atoms with E-state index < -0.39 is 0 Å². The predicted molar refractivity (Wildman–Crippen MR) is 258 cm³/mol. The molecule has 10 aromatic carbocycles. The molecule has 3 nitrogen and oxygen atoms in total. The molecule has 0 radical (unpaired) electrons. The van der Waals surface area contributed by atoms with Crippen LogP contribution in [0.15, 0.2) is 237 Å². The summed E-state index contributed by atoms with van der Waals surface area (Å²) in [4.78, 5) is 15.5. The van der Waals surface area contributed by atoms with Gasteiger partial charge in [-0.15, -0.1) is 0 Å². The van der Waals surface area contributed by atoms with E-state index in [0.29, 0.717) is 17.5 Å². The molecule has 0 aliphatic heterocycles. The lowest BCUT2D eigenvalue weighted by atomic mass is 9.91. The summed E-state index contributed by atoms with van der Waals surface area (Å²) in [6.07, 6.45) is 0. The second kappa shape index (κ2) is 16.1. The first-order valence-electron chi connectivity index (χ1n) is 21.0. The summed E-state index contributed by atoms with van der Waals surface area (Å²) >= 11 is 0. The van der Waals surface area contributed by atoms with Crippen molar-refractivity contribution in [3.8, 4) is 89.8 Å². The van der Waals surface area contributed by atoms with Crippen LogP contribution in [0.1, 0.15) is 0 Å². The maximum Gasteiger partial charge on any atom is 0.164 e. The van der Waals surface area contributed by atoms with Crippen molar-refractivity contribution < 1.29 is 0 Å². The number of rotatable bonds is 8. The monoisotopic (exact) mass is 789 g/mol. The first kappa shape index (κ1) is 36.8. The molecule has 3 heteroatoms. The summed E-state index contributed by atoms with van der Waals surface area (Å²) in [5.41, 5.74) is 14.5. The predicted octanol–water partition coefficient (Wildman–Crippen LogP) is 15.5. The average Bonchev–Trinajstić information content (AvgIpc) is 3.36. The minimum atomic E-state index is 0.619. The van der Waals surface area contributed by atoms with E-state index in [1.54, 1.807) is 0 Å². The number of hydrogen-bond donors (Lipinski definition) is 0. The third kappa shape index (κ3) is 7.02. The van der Waals surface area contributed by atoms with E-state index in [9.17, 15) is 0 Å².